The van der Waals surface area contributed by atoms with Crippen molar-refractivity contribution in [2.45, 2.75) is 12.5 Å². The third kappa shape index (κ3) is 4.20. The largest absolute Gasteiger partial charge is 0.374 e. The summed E-state index contributed by atoms with van der Waals surface area (Å²) in [4.78, 5) is 27.2. The van der Waals surface area contributed by atoms with Gasteiger partial charge in [-0.25, -0.2) is 14.4 Å². The minimum atomic E-state index is -0.271. The molecule has 0 N–H and O–H groups in total. The van der Waals surface area contributed by atoms with Crippen molar-refractivity contribution in [2.75, 3.05) is 19.7 Å². The molecule has 0 spiro atoms. The van der Waals surface area contributed by atoms with Crippen LogP contribution in [0.3, 0.4) is 0 Å². The molecule has 0 radical (unpaired) electrons. The topological polar surface area (TPSA) is 68.2 Å². The third-order valence-corrected chi connectivity index (χ3v) is 4.60. The third-order valence-electron chi connectivity index (χ3n) is 4.60. The predicted molar refractivity (Wildman–Crippen MR) is 101 cm³/mol. The van der Waals surface area contributed by atoms with E-state index in [0.29, 0.717) is 37.5 Å². The Morgan fingerprint density at radius 1 is 1.18 bits per heavy atom. The Morgan fingerprint density at radius 3 is 2.79 bits per heavy atom. The average molecular weight is 378 g/mol. The second-order valence-electron chi connectivity index (χ2n) is 6.62. The summed E-state index contributed by atoms with van der Waals surface area (Å²) in [6.07, 6.45) is 6.81. The van der Waals surface area contributed by atoms with Crippen molar-refractivity contribution in [3.05, 3.63) is 78.1 Å². The summed E-state index contributed by atoms with van der Waals surface area (Å²) in [6.45, 7) is 1.39. The smallest absolute Gasteiger partial charge is 0.257 e. The van der Waals surface area contributed by atoms with Crippen molar-refractivity contribution in [3.63, 3.8) is 0 Å². The van der Waals surface area contributed by atoms with Crippen LogP contribution in [0.1, 0.15) is 15.9 Å². The maximum absolute atomic E-state index is 13.4. The zero-order valence-electron chi connectivity index (χ0n) is 15.2. The van der Waals surface area contributed by atoms with Crippen molar-refractivity contribution >= 4 is 5.91 Å². The molecule has 1 aliphatic rings. The van der Waals surface area contributed by atoms with E-state index < -0.39 is 0 Å². The van der Waals surface area contributed by atoms with Crippen LogP contribution in [-0.2, 0) is 11.2 Å². The fourth-order valence-corrected chi connectivity index (χ4v) is 3.22. The van der Waals surface area contributed by atoms with Gasteiger partial charge in [0.1, 0.15) is 5.82 Å². The van der Waals surface area contributed by atoms with E-state index in [2.05, 4.69) is 15.0 Å². The molecule has 7 heteroatoms. The van der Waals surface area contributed by atoms with Gasteiger partial charge in [-0.3, -0.25) is 9.78 Å². The highest BCUT2D eigenvalue weighted by atomic mass is 19.1. The first-order valence-corrected chi connectivity index (χ1v) is 9.07. The van der Waals surface area contributed by atoms with Crippen LogP contribution >= 0.6 is 0 Å². The summed E-state index contributed by atoms with van der Waals surface area (Å²) in [6, 6.07) is 10.1. The van der Waals surface area contributed by atoms with E-state index in [1.165, 1.54) is 24.5 Å². The summed E-state index contributed by atoms with van der Waals surface area (Å²) in [5.41, 5.74) is 2.07. The molecule has 3 aromatic rings. The predicted octanol–water partition coefficient (Wildman–Crippen LogP) is 2.76. The van der Waals surface area contributed by atoms with E-state index in [-0.39, 0.29) is 17.8 Å². The Morgan fingerprint density at radius 2 is 2.04 bits per heavy atom. The summed E-state index contributed by atoms with van der Waals surface area (Å²) < 4.78 is 19.1. The van der Waals surface area contributed by atoms with Crippen LogP contribution in [0.15, 0.2) is 61.2 Å². The maximum Gasteiger partial charge on any atom is 0.257 e. The fourth-order valence-electron chi connectivity index (χ4n) is 3.22. The molecule has 0 saturated carbocycles. The minimum absolute atomic E-state index is 0.134. The van der Waals surface area contributed by atoms with Crippen molar-refractivity contribution in [2.24, 2.45) is 0 Å². The number of halogens is 1. The molecule has 142 valence electrons. The second-order valence-corrected chi connectivity index (χ2v) is 6.62. The summed E-state index contributed by atoms with van der Waals surface area (Å²) >= 11 is 0. The van der Waals surface area contributed by atoms with E-state index >= 15 is 0 Å². The molecule has 2 aromatic heterocycles. The van der Waals surface area contributed by atoms with Crippen molar-refractivity contribution in [1.29, 1.82) is 0 Å². The van der Waals surface area contributed by atoms with Crippen LogP contribution in [-0.4, -0.2) is 51.6 Å². The van der Waals surface area contributed by atoms with Gasteiger partial charge in [-0.2, -0.15) is 0 Å². The van der Waals surface area contributed by atoms with E-state index in [9.17, 15) is 9.18 Å². The molecule has 6 nitrogen and oxygen atoms in total. The highest BCUT2D eigenvalue weighted by Gasteiger charge is 2.25. The molecule has 0 bridgehead atoms. The molecule has 0 aliphatic carbocycles. The summed E-state index contributed by atoms with van der Waals surface area (Å²) in [5.74, 6) is 0.119. The Hall–Kier alpha value is -3.19. The first kappa shape index (κ1) is 18.2. The van der Waals surface area contributed by atoms with Gasteiger partial charge in [0, 0.05) is 49.9 Å². The average Bonchev–Trinajstić information content (AvgIpc) is 2.74. The number of pyridine rings is 1. The van der Waals surface area contributed by atoms with Gasteiger partial charge < -0.3 is 9.64 Å². The van der Waals surface area contributed by atoms with E-state index in [1.54, 1.807) is 23.4 Å². The Kier molecular flexibility index (Phi) is 5.34. The highest BCUT2D eigenvalue weighted by Crippen LogP contribution is 2.16. The standard InChI is InChI=1S/C21H19FN4O2/c22-18-5-1-3-15(9-18)10-19-14-26(7-8-28-19)21(27)17-12-24-20(25-13-17)16-4-2-6-23-11-16/h1-6,9,11-13,19H,7-8,10,14H2. The van der Waals surface area contributed by atoms with Gasteiger partial charge in [0.2, 0.25) is 0 Å². The number of benzene rings is 1. The molecule has 3 heterocycles. The summed E-state index contributed by atoms with van der Waals surface area (Å²) in [7, 11) is 0. The van der Waals surface area contributed by atoms with Gasteiger partial charge >= 0.3 is 0 Å². The molecule has 4 rings (SSSR count). The number of ether oxygens (including phenoxy) is 1. The molecular formula is C21H19FN4O2. The molecule has 1 atom stereocenters. The number of amides is 1. The minimum Gasteiger partial charge on any atom is -0.374 e. The molecule has 1 saturated heterocycles. The van der Waals surface area contributed by atoms with Crippen molar-refractivity contribution < 1.29 is 13.9 Å². The van der Waals surface area contributed by atoms with Crippen LogP contribution in [0, 0.1) is 5.82 Å². The van der Waals surface area contributed by atoms with Crippen molar-refractivity contribution in [1.82, 2.24) is 19.9 Å². The Labute approximate surface area is 162 Å². The lowest BCUT2D eigenvalue weighted by atomic mass is 10.1. The zero-order chi connectivity index (χ0) is 19.3. The number of hydrogen-bond acceptors (Lipinski definition) is 5. The maximum atomic E-state index is 13.4. The lowest BCUT2D eigenvalue weighted by Gasteiger charge is -2.33. The molecule has 1 aromatic carbocycles. The first-order chi connectivity index (χ1) is 13.7. The van der Waals surface area contributed by atoms with Crippen molar-refractivity contribution in [3.8, 4) is 11.4 Å². The second kappa shape index (κ2) is 8.22. The Balaban J connectivity index is 1.42. The van der Waals surface area contributed by atoms with Crippen LogP contribution in [0.25, 0.3) is 11.4 Å². The Bertz CT molecular complexity index is 950. The molecule has 1 fully saturated rings. The number of nitrogens with zero attached hydrogens (tertiary/aromatic N) is 4. The van der Waals surface area contributed by atoms with Gasteiger partial charge in [-0.1, -0.05) is 12.1 Å². The van der Waals surface area contributed by atoms with Gasteiger partial charge in [0.15, 0.2) is 5.82 Å². The lowest BCUT2D eigenvalue weighted by molar-refractivity contribution is -0.0208. The van der Waals surface area contributed by atoms with Crippen LogP contribution < -0.4 is 0 Å². The highest BCUT2D eigenvalue weighted by molar-refractivity contribution is 5.93. The molecule has 1 aliphatic heterocycles. The van der Waals surface area contributed by atoms with Crippen LogP contribution in [0.4, 0.5) is 4.39 Å². The van der Waals surface area contributed by atoms with E-state index in [1.807, 2.05) is 18.2 Å². The number of carbonyl (C=O) groups is 1. The van der Waals surface area contributed by atoms with Crippen LogP contribution in [0.5, 0.6) is 0 Å². The van der Waals surface area contributed by atoms with E-state index in [4.69, 9.17) is 4.74 Å². The van der Waals surface area contributed by atoms with E-state index in [0.717, 1.165) is 11.1 Å². The molecule has 1 amide bonds. The zero-order valence-corrected chi connectivity index (χ0v) is 15.2. The number of carbonyl (C=O) groups excluding carboxylic acids is 1. The first-order valence-electron chi connectivity index (χ1n) is 9.07. The lowest BCUT2D eigenvalue weighted by Crippen LogP contribution is -2.46. The summed E-state index contributed by atoms with van der Waals surface area (Å²) in [5, 5.41) is 0. The van der Waals surface area contributed by atoms with Crippen LogP contribution in [0.2, 0.25) is 0 Å². The van der Waals surface area contributed by atoms with Gasteiger partial charge in [-0.05, 0) is 29.8 Å². The number of aromatic nitrogens is 3. The quantitative estimate of drug-likeness (QED) is 0.698. The van der Waals surface area contributed by atoms with Gasteiger partial charge in [0.25, 0.3) is 5.91 Å². The fraction of sp³-hybridized carbons (Fsp3) is 0.238. The number of morpholine rings is 1. The SMILES string of the molecule is O=C(c1cnc(-c2cccnc2)nc1)N1CCOC(Cc2cccc(F)c2)C1. The molecule has 1 unspecified atom stereocenters. The van der Waals surface area contributed by atoms with Gasteiger partial charge in [0.05, 0.1) is 18.3 Å². The molecular weight excluding hydrogens is 359 g/mol. The molecule has 28 heavy (non-hydrogen) atoms. The van der Waals surface area contributed by atoms with Gasteiger partial charge in [-0.15, -0.1) is 0 Å². The monoisotopic (exact) mass is 378 g/mol. The normalized spacial score (nSPS) is 16.8. The number of hydrogen-bond donors (Lipinski definition) is 0. The number of rotatable bonds is 4.